The summed E-state index contributed by atoms with van der Waals surface area (Å²) >= 11 is 6.05. The van der Waals surface area contributed by atoms with Gasteiger partial charge in [-0.2, -0.15) is 0 Å². The molecule has 1 aromatic heterocycles. The molecule has 0 amide bonds. The molecule has 0 radical (unpaired) electrons. The highest BCUT2D eigenvalue weighted by Gasteiger charge is 2.24. The SMILES string of the molecule is CNC1CCCCC1OCc1ccncc1Cl. The second kappa shape index (κ2) is 6.34. The third-order valence-corrected chi connectivity index (χ3v) is 3.72. The average Bonchev–Trinajstić information content (AvgIpc) is 2.38. The summed E-state index contributed by atoms with van der Waals surface area (Å²) in [5, 5.41) is 4.02. The summed E-state index contributed by atoms with van der Waals surface area (Å²) in [5.41, 5.74) is 1.02. The van der Waals surface area contributed by atoms with Gasteiger partial charge < -0.3 is 10.1 Å². The highest BCUT2D eigenvalue weighted by Crippen LogP contribution is 2.23. The van der Waals surface area contributed by atoms with Crippen molar-refractivity contribution < 1.29 is 4.74 Å². The lowest BCUT2D eigenvalue weighted by Crippen LogP contribution is -2.41. The van der Waals surface area contributed by atoms with Crippen LogP contribution >= 0.6 is 11.6 Å². The summed E-state index contributed by atoms with van der Waals surface area (Å²) in [6, 6.07) is 2.39. The number of halogens is 1. The van der Waals surface area contributed by atoms with Gasteiger partial charge in [0.1, 0.15) is 0 Å². The first-order valence-electron chi connectivity index (χ1n) is 6.18. The molecule has 1 fully saturated rings. The number of hydrogen-bond donors (Lipinski definition) is 1. The van der Waals surface area contributed by atoms with Gasteiger partial charge in [0.25, 0.3) is 0 Å². The number of nitrogens with one attached hydrogen (secondary N) is 1. The van der Waals surface area contributed by atoms with Crippen molar-refractivity contribution >= 4 is 11.6 Å². The number of pyridine rings is 1. The van der Waals surface area contributed by atoms with Gasteiger partial charge in [-0.1, -0.05) is 24.4 Å². The van der Waals surface area contributed by atoms with E-state index in [1.165, 1.54) is 19.3 Å². The Kier molecular flexibility index (Phi) is 4.77. The number of likely N-dealkylation sites (N-methyl/N-ethyl adjacent to an activating group) is 1. The molecular formula is C13H19ClN2O. The molecule has 0 bridgehead atoms. The standard InChI is InChI=1S/C13H19ClN2O/c1-15-12-4-2-3-5-13(12)17-9-10-6-7-16-8-11(10)14/h6-8,12-13,15H,2-5,9H2,1H3. The van der Waals surface area contributed by atoms with E-state index in [1.54, 1.807) is 12.4 Å². The van der Waals surface area contributed by atoms with E-state index in [0.29, 0.717) is 23.8 Å². The van der Waals surface area contributed by atoms with Gasteiger partial charge in [0.15, 0.2) is 0 Å². The van der Waals surface area contributed by atoms with Gasteiger partial charge in [-0.05, 0) is 31.5 Å². The molecule has 3 nitrogen and oxygen atoms in total. The van der Waals surface area contributed by atoms with E-state index in [9.17, 15) is 0 Å². The predicted octanol–water partition coefficient (Wildman–Crippen LogP) is 2.78. The predicted molar refractivity (Wildman–Crippen MR) is 69.1 cm³/mol. The third-order valence-electron chi connectivity index (χ3n) is 3.38. The van der Waals surface area contributed by atoms with Crippen LogP contribution < -0.4 is 5.32 Å². The van der Waals surface area contributed by atoms with Crippen molar-refractivity contribution in [3.63, 3.8) is 0 Å². The van der Waals surface area contributed by atoms with Gasteiger partial charge in [-0.15, -0.1) is 0 Å². The smallest absolute Gasteiger partial charge is 0.0737 e. The zero-order valence-corrected chi connectivity index (χ0v) is 10.9. The van der Waals surface area contributed by atoms with Gasteiger partial charge in [0, 0.05) is 18.4 Å². The molecule has 2 rings (SSSR count). The van der Waals surface area contributed by atoms with Crippen LogP contribution in [-0.4, -0.2) is 24.2 Å². The molecular weight excluding hydrogens is 236 g/mol. The first kappa shape index (κ1) is 12.8. The molecule has 1 aromatic rings. The van der Waals surface area contributed by atoms with Crippen LogP contribution in [0.25, 0.3) is 0 Å². The molecule has 2 unspecified atom stereocenters. The maximum absolute atomic E-state index is 6.05. The zero-order chi connectivity index (χ0) is 12.1. The minimum Gasteiger partial charge on any atom is -0.372 e. The molecule has 1 aliphatic carbocycles. The van der Waals surface area contributed by atoms with Crippen LogP contribution in [-0.2, 0) is 11.3 Å². The summed E-state index contributed by atoms with van der Waals surface area (Å²) in [6.45, 7) is 0.574. The van der Waals surface area contributed by atoms with E-state index in [0.717, 1.165) is 12.0 Å². The Balaban J connectivity index is 1.90. The van der Waals surface area contributed by atoms with Crippen molar-refractivity contribution in [2.24, 2.45) is 0 Å². The van der Waals surface area contributed by atoms with Crippen molar-refractivity contribution in [3.05, 3.63) is 29.0 Å². The second-order valence-electron chi connectivity index (χ2n) is 4.50. The minimum atomic E-state index is 0.304. The van der Waals surface area contributed by atoms with E-state index < -0.39 is 0 Å². The minimum absolute atomic E-state index is 0.304. The molecule has 17 heavy (non-hydrogen) atoms. The zero-order valence-electron chi connectivity index (χ0n) is 10.2. The molecule has 2 atom stereocenters. The van der Waals surface area contributed by atoms with Crippen LogP contribution in [0, 0.1) is 0 Å². The van der Waals surface area contributed by atoms with E-state index >= 15 is 0 Å². The topological polar surface area (TPSA) is 34.1 Å². The van der Waals surface area contributed by atoms with Crippen molar-refractivity contribution in [2.75, 3.05) is 7.05 Å². The Bertz CT molecular complexity index is 359. The van der Waals surface area contributed by atoms with E-state index in [2.05, 4.69) is 10.3 Å². The van der Waals surface area contributed by atoms with Crippen molar-refractivity contribution in [1.82, 2.24) is 10.3 Å². The van der Waals surface area contributed by atoms with Gasteiger partial charge in [0.05, 0.1) is 17.7 Å². The molecule has 1 heterocycles. The summed E-state index contributed by atoms with van der Waals surface area (Å²) in [5.74, 6) is 0. The third kappa shape index (κ3) is 3.41. The van der Waals surface area contributed by atoms with Gasteiger partial charge in [-0.3, -0.25) is 4.98 Å². The Morgan fingerprint density at radius 3 is 3.06 bits per heavy atom. The lowest BCUT2D eigenvalue weighted by molar-refractivity contribution is -0.00360. The lowest BCUT2D eigenvalue weighted by Gasteiger charge is -2.31. The number of hydrogen-bond acceptors (Lipinski definition) is 3. The highest BCUT2D eigenvalue weighted by molar-refractivity contribution is 6.31. The summed E-state index contributed by atoms with van der Waals surface area (Å²) < 4.78 is 5.98. The molecule has 0 spiro atoms. The van der Waals surface area contributed by atoms with Crippen LogP contribution in [0.1, 0.15) is 31.2 Å². The van der Waals surface area contributed by atoms with Crippen molar-refractivity contribution in [2.45, 2.75) is 44.4 Å². The molecule has 0 aliphatic heterocycles. The van der Waals surface area contributed by atoms with Crippen LogP contribution in [0.5, 0.6) is 0 Å². The molecule has 0 saturated heterocycles. The number of aromatic nitrogens is 1. The first-order chi connectivity index (χ1) is 8.31. The molecule has 1 saturated carbocycles. The monoisotopic (exact) mass is 254 g/mol. The van der Waals surface area contributed by atoms with E-state index in [1.807, 2.05) is 13.1 Å². The Hall–Kier alpha value is -0.640. The maximum atomic E-state index is 6.05. The summed E-state index contributed by atoms with van der Waals surface area (Å²) in [7, 11) is 2.01. The largest absolute Gasteiger partial charge is 0.372 e. The summed E-state index contributed by atoms with van der Waals surface area (Å²) in [6.07, 6.45) is 8.60. The number of ether oxygens (including phenoxy) is 1. The van der Waals surface area contributed by atoms with Crippen LogP contribution in [0.15, 0.2) is 18.5 Å². The molecule has 4 heteroatoms. The second-order valence-corrected chi connectivity index (χ2v) is 4.90. The summed E-state index contributed by atoms with van der Waals surface area (Å²) in [4.78, 5) is 3.97. The fraction of sp³-hybridized carbons (Fsp3) is 0.615. The quantitative estimate of drug-likeness (QED) is 0.897. The molecule has 0 aromatic carbocycles. The molecule has 94 valence electrons. The van der Waals surface area contributed by atoms with Crippen LogP contribution in [0.4, 0.5) is 0 Å². The fourth-order valence-corrected chi connectivity index (χ4v) is 2.52. The van der Waals surface area contributed by atoms with Crippen molar-refractivity contribution in [3.8, 4) is 0 Å². The van der Waals surface area contributed by atoms with Gasteiger partial charge in [-0.25, -0.2) is 0 Å². The van der Waals surface area contributed by atoms with Gasteiger partial charge in [0.2, 0.25) is 0 Å². The Morgan fingerprint density at radius 1 is 1.47 bits per heavy atom. The Morgan fingerprint density at radius 2 is 2.29 bits per heavy atom. The van der Waals surface area contributed by atoms with Crippen LogP contribution in [0.2, 0.25) is 5.02 Å². The fourth-order valence-electron chi connectivity index (χ4n) is 2.34. The van der Waals surface area contributed by atoms with E-state index in [4.69, 9.17) is 16.3 Å². The lowest BCUT2D eigenvalue weighted by atomic mass is 9.92. The normalized spacial score (nSPS) is 24.8. The first-order valence-corrected chi connectivity index (χ1v) is 6.56. The molecule has 1 N–H and O–H groups in total. The highest BCUT2D eigenvalue weighted by atomic mass is 35.5. The van der Waals surface area contributed by atoms with Crippen molar-refractivity contribution in [1.29, 1.82) is 0 Å². The Labute approximate surface area is 108 Å². The van der Waals surface area contributed by atoms with Gasteiger partial charge >= 0.3 is 0 Å². The molecule has 1 aliphatic rings. The number of nitrogens with zero attached hydrogens (tertiary/aromatic N) is 1. The van der Waals surface area contributed by atoms with E-state index in [-0.39, 0.29) is 0 Å². The maximum Gasteiger partial charge on any atom is 0.0737 e. The average molecular weight is 255 g/mol. The van der Waals surface area contributed by atoms with Crippen LogP contribution in [0.3, 0.4) is 0 Å². The number of rotatable bonds is 4.